The number of rotatable bonds is 3. The molecule has 4 nitrogen and oxygen atoms in total. The lowest BCUT2D eigenvalue weighted by atomic mass is 9.99. The fraction of sp³-hybridized carbons (Fsp3) is 0.231. The zero-order valence-electron chi connectivity index (χ0n) is 17.9. The van der Waals surface area contributed by atoms with Gasteiger partial charge in [0.15, 0.2) is 5.58 Å². The van der Waals surface area contributed by atoms with Crippen molar-refractivity contribution in [1.82, 2.24) is 9.88 Å². The Balaban J connectivity index is 1.50. The Morgan fingerprint density at radius 2 is 1.82 bits per heavy atom. The number of carbonyl (C=O) groups is 1. The minimum atomic E-state index is -4.46. The van der Waals surface area contributed by atoms with Gasteiger partial charge < -0.3 is 9.32 Å². The summed E-state index contributed by atoms with van der Waals surface area (Å²) in [6.45, 7) is 2.50. The van der Waals surface area contributed by atoms with Gasteiger partial charge in [-0.2, -0.15) is 13.2 Å². The Bertz CT molecular complexity index is 1340. The molecule has 0 saturated carbocycles. The molecule has 0 N–H and O–H groups in total. The summed E-state index contributed by atoms with van der Waals surface area (Å²) in [5, 5.41) is 0. The molecule has 3 aromatic carbocycles. The van der Waals surface area contributed by atoms with E-state index >= 15 is 0 Å². The van der Waals surface area contributed by atoms with Crippen molar-refractivity contribution >= 4 is 17.0 Å². The highest BCUT2D eigenvalue weighted by Crippen LogP contribution is 2.39. The highest BCUT2D eigenvalue weighted by molar-refractivity contribution is 5.96. The minimum Gasteiger partial charge on any atom is -0.438 e. The molecule has 1 aromatic heterocycles. The molecular weight excluding hydrogens is 429 g/mol. The molecular formula is C26H21F3N2O2. The maximum absolute atomic E-state index is 13.5. The quantitative estimate of drug-likeness (QED) is 0.345. The van der Waals surface area contributed by atoms with E-state index in [-0.39, 0.29) is 17.5 Å². The number of alkyl halides is 3. The van der Waals surface area contributed by atoms with E-state index in [1.807, 2.05) is 31.2 Å². The lowest BCUT2D eigenvalue weighted by Crippen LogP contribution is -2.31. The van der Waals surface area contributed by atoms with Crippen LogP contribution in [0.1, 0.15) is 46.3 Å². The van der Waals surface area contributed by atoms with Crippen LogP contribution in [-0.2, 0) is 6.18 Å². The zero-order valence-corrected chi connectivity index (χ0v) is 17.9. The molecule has 2 heterocycles. The number of amides is 1. The van der Waals surface area contributed by atoms with E-state index < -0.39 is 11.7 Å². The molecule has 1 aliphatic heterocycles. The predicted octanol–water partition coefficient (Wildman–Crippen LogP) is 6.80. The summed E-state index contributed by atoms with van der Waals surface area (Å²) in [5.74, 6) is 0.336. The zero-order chi connectivity index (χ0) is 23.2. The van der Waals surface area contributed by atoms with Gasteiger partial charge in [0.1, 0.15) is 11.6 Å². The topological polar surface area (TPSA) is 46.3 Å². The van der Waals surface area contributed by atoms with Gasteiger partial charge in [-0.15, -0.1) is 0 Å². The minimum absolute atomic E-state index is 0.0716. The summed E-state index contributed by atoms with van der Waals surface area (Å²) in [4.78, 5) is 19.5. The highest BCUT2D eigenvalue weighted by atomic mass is 19.4. The van der Waals surface area contributed by atoms with Crippen molar-refractivity contribution in [2.24, 2.45) is 0 Å². The van der Waals surface area contributed by atoms with E-state index in [0.29, 0.717) is 41.1 Å². The molecule has 0 aliphatic carbocycles. The average molecular weight is 450 g/mol. The fourth-order valence-corrected chi connectivity index (χ4v) is 4.47. The van der Waals surface area contributed by atoms with Crippen LogP contribution in [0.2, 0.25) is 0 Å². The third-order valence-corrected chi connectivity index (χ3v) is 6.12. The molecule has 5 rings (SSSR count). The molecule has 0 unspecified atom stereocenters. The summed E-state index contributed by atoms with van der Waals surface area (Å²) >= 11 is 0. The van der Waals surface area contributed by atoms with Gasteiger partial charge in [-0.05, 0) is 60.7 Å². The molecule has 0 radical (unpaired) electrons. The largest absolute Gasteiger partial charge is 0.438 e. The van der Waals surface area contributed by atoms with Gasteiger partial charge in [-0.3, -0.25) is 4.79 Å². The van der Waals surface area contributed by atoms with Crippen LogP contribution in [0.25, 0.3) is 22.2 Å². The van der Waals surface area contributed by atoms with Gasteiger partial charge in [-0.25, -0.2) is 4.98 Å². The molecule has 1 fully saturated rings. The van der Waals surface area contributed by atoms with Gasteiger partial charge in [0.05, 0.1) is 5.56 Å². The number of nitrogens with zero attached hydrogens (tertiary/aromatic N) is 2. The molecule has 168 valence electrons. The van der Waals surface area contributed by atoms with Gasteiger partial charge >= 0.3 is 6.18 Å². The van der Waals surface area contributed by atoms with Crippen molar-refractivity contribution in [3.8, 4) is 11.1 Å². The molecule has 1 aliphatic rings. The molecule has 7 heteroatoms. The van der Waals surface area contributed by atoms with Crippen LogP contribution in [0.3, 0.4) is 0 Å². The summed E-state index contributed by atoms with van der Waals surface area (Å²) in [6.07, 6.45) is -2.92. The van der Waals surface area contributed by atoms with Gasteiger partial charge in [0, 0.05) is 12.1 Å². The lowest BCUT2D eigenvalue weighted by Gasteiger charge is -2.23. The number of benzene rings is 3. The molecule has 1 saturated heterocycles. The van der Waals surface area contributed by atoms with E-state index in [1.54, 1.807) is 29.2 Å². The Hall–Kier alpha value is -3.61. The fourth-order valence-electron chi connectivity index (χ4n) is 4.47. The van der Waals surface area contributed by atoms with Gasteiger partial charge in [0.2, 0.25) is 5.89 Å². The van der Waals surface area contributed by atoms with Crippen molar-refractivity contribution in [2.45, 2.75) is 32.0 Å². The number of hydrogen-bond donors (Lipinski definition) is 0. The molecule has 0 spiro atoms. The van der Waals surface area contributed by atoms with Crippen molar-refractivity contribution in [1.29, 1.82) is 0 Å². The van der Waals surface area contributed by atoms with Crippen LogP contribution < -0.4 is 0 Å². The molecule has 4 aromatic rings. The summed E-state index contributed by atoms with van der Waals surface area (Å²) in [6, 6.07) is 17.5. The van der Waals surface area contributed by atoms with Crippen molar-refractivity contribution in [3.05, 3.63) is 89.3 Å². The molecule has 33 heavy (non-hydrogen) atoms. The second-order valence-corrected chi connectivity index (χ2v) is 8.25. The van der Waals surface area contributed by atoms with Crippen LogP contribution >= 0.6 is 0 Å². The van der Waals surface area contributed by atoms with E-state index in [1.165, 1.54) is 12.1 Å². The summed E-state index contributed by atoms with van der Waals surface area (Å²) in [5.41, 5.74) is 2.30. The van der Waals surface area contributed by atoms with Gasteiger partial charge in [0.25, 0.3) is 5.91 Å². The standard InChI is InChI=1S/C26H21F3N2O2/c1-16-7-2-3-8-18(16)25(32)31-14-6-11-22(31)24-30-21-15-17(12-13-23(21)33-24)19-9-4-5-10-20(19)26(27,28)29/h2-5,7-10,12-13,15,22H,6,11,14H2,1H3/t22-/m0/s1. The first-order valence-corrected chi connectivity index (χ1v) is 10.8. The monoisotopic (exact) mass is 450 g/mol. The van der Waals surface area contributed by atoms with Crippen molar-refractivity contribution < 1.29 is 22.4 Å². The number of carbonyl (C=O) groups excluding carboxylic acids is 1. The predicted molar refractivity (Wildman–Crippen MR) is 119 cm³/mol. The average Bonchev–Trinajstić information content (AvgIpc) is 3.45. The normalized spacial score (nSPS) is 16.5. The molecule has 1 amide bonds. The number of oxazole rings is 1. The Kier molecular flexibility index (Phi) is 5.19. The third kappa shape index (κ3) is 3.88. The smallest absolute Gasteiger partial charge is 0.417 e. The maximum atomic E-state index is 13.5. The highest BCUT2D eigenvalue weighted by Gasteiger charge is 2.35. The van der Waals surface area contributed by atoms with Crippen LogP contribution in [0, 0.1) is 6.92 Å². The van der Waals surface area contributed by atoms with Crippen LogP contribution in [0.15, 0.2) is 71.1 Å². The van der Waals surface area contributed by atoms with Crippen LogP contribution in [-0.4, -0.2) is 22.3 Å². The Labute approximate surface area is 188 Å². The molecule has 1 atom stereocenters. The maximum Gasteiger partial charge on any atom is 0.417 e. The van der Waals surface area contributed by atoms with Crippen molar-refractivity contribution in [2.75, 3.05) is 6.54 Å². The Morgan fingerprint density at radius 1 is 1.06 bits per heavy atom. The van der Waals surface area contributed by atoms with Gasteiger partial charge in [-0.1, -0.05) is 42.5 Å². The van der Waals surface area contributed by atoms with E-state index in [9.17, 15) is 18.0 Å². The van der Waals surface area contributed by atoms with E-state index in [0.717, 1.165) is 18.1 Å². The van der Waals surface area contributed by atoms with E-state index in [4.69, 9.17) is 4.42 Å². The number of halogens is 3. The van der Waals surface area contributed by atoms with Crippen LogP contribution in [0.4, 0.5) is 13.2 Å². The van der Waals surface area contributed by atoms with Crippen molar-refractivity contribution in [3.63, 3.8) is 0 Å². The first kappa shape index (κ1) is 21.2. The first-order chi connectivity index (χ1) is 15.8. The number of likely N-dealkylation sites (tertiary alicyclic amines) is 1. The second-order valence-electron chi connectivity index (χ2n) is 8.25. The van der Waals surface area contributed by atoms with E-state index in [2.05, 4.69) is 4.98 Å². The number of aromatic nitrogens is 1. The number of fused-ring (bicyclic) bond motifs is 1. The lowest BCUT2D eigenvalue weighted by molar-refractivity contribution is -0.137. The number of aryl methyl sites for hydroxylation is 1. The summed E-state index contributed by atoms with van der Waals surface area (Å²) < 4.78 is 46.4. The SMILES string of the molecule is Cc1ccccc1C(=O)N1CCC[C@H]1c1nc2cc(-c3ccccc3C(F)(F)F)ccc2o1. The molecule has 0 bridgehead atoms. The number of hydrogen-bond acceptors (Lipinski definition) is 3. The summed E-state index contributed by atoms with van der Waals surface area (Å²) in [7, 11) is 0. The second kappa shape index (κ2) is 8.06. The third-order valence-electron chi connectivity index (χ3n) is 6.12. The Morgan fingerprint density at radius 3 is 2.61 bits per heavy atom. The first-order valence-electron chi connectivity index (χ1n) is 10.8. The van der Waals surface area contributed by atoms with Crippen LogP contribution in [0.5, 0.6) is 0 Å².